The molecule has 5 N–H and O–H groups in total. The lowest BCUT2D eigenvalue weighted by molar-refractivity contribution is 0.402. The van der Waals surface area contributed by atoms with E-state index < -0.39 is 0 Å². The summed E-state index contributed by atoms with van der Waals surface area (Å²) in [6.45, 7) is 1.50. The number of fused-ring (bicyclic) bond motifs is 1. The number of rotatable bonds is 1. The molecule has 1 aromatic heterocycles. The number of nitrogen functional groups attached to an aromatic ring is 1. The minimum Gasteiger partial charge on any atom is -0.504 e. The third-order valence-corrected chi connectivity index (χ3v) is 4.14. The highest BCUT2D eigenvalue weighted by Crippen LogP contribution is 2.37. The topological polar surface area (TPSA) is 91.4 Å². The summed E-state index contributed by atoms with van der Waals surface area (Å²) in [6.07, 6.45) is 0. The average Bonchev–Trinajstić information content (AvgIpc) is 2.72. The SMILES string of the molecule is Nc1nc2c(s1)C(c1ccc(O)c(O)c1)CNC2. The van der Waals surface area contributed by atoms with Crippen LogP contribution in [-0.4, -0.2) is 21.7 Å². The van der Waals surface area contributed by atoms with Gasteiger partial charge in [0.05, 0.1) is 5.69 Å². The van der Waals surface area contributed by atoms with Gasteiger partial charge >= 0.3 is 0 Å². The fraction of sp³-hybridized carbons (Fsp3) is 0.250. The van der Waals surface area contributed by atoms with Crippen LogP contribution >= 0.6 is 11.3 Å². The van der Waals surface area contributed by atoms with Crippen molar-refractivity contribution in [1.82, 2.24) is 10.3 Å². The minimum atomic E-state index is -0.105. The van der Waals surface area contributed by atoms with E-state index in [2.05, 4.69) is 10.3 Å². The maximum atomic E-state index is 9.58. The molecular weight excluding hydrogens is 250 g/mol. The summed E-state index contributed by atoms with van der Waals surface area (Å²) >= 11 is 1.49. The standard InChI is InChI=1S/C12H13N3O2S/c13-12-15-8-5-14-4-7(11(8)18-12)6-1-2-9(16)10(17)3-6/h1-3,7,14,16-17H,4-5H2,(H2,13,15). The van der Waals surface area contributed by atoms with E-state index in [1.165, 1.54) is 17.4 Å². The molecule has 0 spiro atoms. The number of hydrogen-bond acceptors (Lipinski definition) is 6. The number of hydrogen-bond donors (Lipinski definition) is 4. The van der Waals surface area contributed by atoms with Crippen LogP contribution in [0.1, 0.15) is 22.1 Å². The summed E-state index contributed by atoms with van der Waals surface area (Å²) in [5, 5.41) is 22.8. The number of aromatic nitrogens is 1. The zero-order chi connectivity index (χ0) is 12.7. The van der Waals surface area contributed by atoms with Crippen molar-refractivity contribution < 1.29 is 10.2 Å². The molecule has 18 heavy (non-hydrogen) atoms. The van der Waals surface area contributed by atoms with Gasteiger partial charge in [-0.25, -0.2) is 4.98 Å². The van der Waals surface area contributed by atoms with Crippen LogP contribution < -0.4 is 11.1 Å². The van der Waals surface area contributed by atoms with Crippen LogP contribution in [0.3, 0.4) is 0 Å². The van der Waals surface area contributed by atoms with Crippen molar-refractivity contribution in [2.24, 2.45) is 0 Å². The molecule has 0 radical (unpaired) electrons. The molecule has 94 valence electrons. The predicted octanol–water partition coefficient (Wildman–Crippen LogP) is 1.37. The highest BCUT2D eigenvalue weighted by molar-refractivity contribution is 7.15. The molecule has 1 aromatic carbocycles. The number of anilines is 1. The van der Waals surface area contributed by atoms with E-state index >= 15 is 0 Å². The first-order chi connectivity index (χ1) is 8.65. The summed E-state index contributed by atoms with van der Waals surface area (Å²) in [4.78, 5) is 5.42. The second-order valence-corrected chi connectivity index (χ2v) is 5.36. The summed E-state index contributed by atoms with van der Waals surface area (Å²) in [7, 11) is 0. The van der Waals surface area contributed by atoms with Gasteiger partial charge in [-0.2, -0.15) is 0 Å². The number of aromatic hydroxyl groups is 2. The smallest absolute Gasteiger partial charge is 0.180 e. The van der Waals surface area contributed by atoms with Crippen molar-refractivity contribution in [3.63, 3.8) is 0 Å². The van der Waals surface area contributed by atoms with Gasteiger partial charge in [-0.05, 0) is 17.7 Å². The van der Waals surface area contributed by atoms with E-state index in [9.17, 15) is 10.2 Å². The second kappa shape index (κ2) is 4.15. The molecule has 0 fully saturated rings. The van der Waals surface area contributed by atoms with E-state index in [0.717, 1.165) is 29.2 Å². The Morgan fingerprint density at radius 3 is 2.94 bits per heavy atom. The lowest BCUT2D eigenvalue weighted by Gasteiger charge is -2.22. The molecule has 6 heteroatoms. The van der Waals surface area contributed by atoms with Crippen LogP contribution in [-0.2, 0) is 6.54 Å². The Hall–Kier alpha value is -1.79. The van der Waals surface area contributed by atoms with Crippen LogP contribution in [0.25, 0.3) is 0 Å². The number of nitrogens with two attached hydrogens (primary N) is 1. The van der Waals surface area contributed by atoms with Gasteiger partial charge in [0.15, 0.2) is 16.6 Å². The van der Waals surface area contributed by atoms with Gasteiger partial charge in [0.2, 0.25) is 0 Å². The van der Waals surface area contributed by atoms with Gasteiger partial charge in [0.1, 0.15) is 0 Å². The number of benzene rings is 1. The Balaban J connectivity index is 2.05. The molecule has 1 atom stereocenters. The Labute approximate surface area is 108 Å². The first-order valence-electron chi connectivity index (χ1n) is 5.63. The fourth-order valence-corrected chi connectivity index (χ4v) is 3.21. The summed E-state index contributed by atoms with van der Waals surface area (Å²) in [6, 6.07) is 4.91. The second-order valence-electron chi connectivity index (χ2n) is 4.29. The molecule has 1 unspecified atom stereocenters. The highest BCUT2D eigenvalue weighted by atomic mass is 32.1. The molecule has 2 aromatic rings. The number of phenolic OH excluding ortho intramolecular Hbond substituents is 2. The third kappa shape index (κ3) is 1.79. The Bertz CT molecular complexity index is 597. The third-order valence-electron chi connectivity index (χ3n) is 3.10. The average molecular weight is 263 g/mol. The van der Waals surface area contributed by atoms with E-state index in [-0.39, 0.29) is 17.4 Å². The highest BCUT2D eigenvalue weighted by Gasteiger charge is 2.25. The normalized spacial score (nSPS) is 18.6. The maximum absolute atomic E-state index is 9.58. The van der Waals surface area contributed by atoms with Gasteiger partial charge in [0.25, 0.3) is 0 Å². The fourth-order valence-electron chi connectivity index (χ4n) is 2.24. The first kappa shape index (κ1) is 11.3. The molecular formula is C12H13N3O2S. The van der Waals surface area contributed by atoms with Gasteiger partial charge < -0.3 is 21.3 Å². The molecule has 0 bridgehead atoms. The van der Waals surface area contributed by atoms with E-state index in [0.29, 0.717) is 5.13 Å². The van der Waals surface area contributed by atoms with Crippen LogP contribution in [0.4, 0.5) is 5.13 Å². The Kier molecular flexibility index (Phi) is 2.61. The number of phenols is 2. The summed E-state index contributed by atoms with van der Waals surface area (Å²) in [5.41, 5.74) is 7.66. The zero-order valence-electron chi connectivity index (χ0n) is 9.55. The Morgan fingerprint density at radius 2 is 2.17 bits per heavy atom. The monoisotopic (exact) mass is 263 g/mol. The molecule has 5 nitrogen and oxygen atoms in total. The molecule has 1 aliphatic rings. The van der Waals surface area contributed by atoms with Crippen molar-refractivity contribution in [1.29, 1.82) is 0 Å². The van der Waals surface area contributed by atoms with Gasteiger partial charge in [0, 0.05) is 23.9 Å². The molecule has 0 aliphatic carbocycles. The molecule has 0 saturated carbocycles. The molecule has 2 heterocycles. The van der Waals surface area contributed by atoms with Gasteiger partial charge in [-0.15, -0.1) is 11.3 Å². The quantitative estimate of drug-likeness (QED) is 0.583. The largest absolute Gasteiger partial charge is 0.504 e. The van der Waals surface area contributed by atoms with Crippen molar-refractivity contribution in [3.8, 4) is 11.5 Å². The predicted molar refractivity (Wildman–Crippen MR) is 69.8 cm³/mol. The molecule has 3 rings (SSSR count). The molecule has 0 amide bonds. The van der Waals surface area contributed by atoms with Crippen molar-refractivity contribution in [2.45, 2.75) is 12.5 Å². The van der Waals surface area contributed by atoms with Crippen molar-refractivity contribution in [3.05, 3.63) is 34.3 Å². The van der Waals surface area contributed by atoms with Gasteiger partial charge in [-0.3, -0.25) is 0 Å². The Morgan fingerprint density at radius 1 is 1.33 bits per heavy atom. The maximum Gasteiger partial charge on any atom is 0.180 e. The number of nitrogens with zero attached hydrogens (tertiary/aromatic N) is 1. The lowest BCUT2D eigenvalue weighted by atomic mass is 9.93. The number of nitrogens with one attached hydrogen (secondary N) is 1. The first-order valence-corrected chi connectivity index (χ1v) is 6.44. The lowest BCUT2D eigenvalue weighted by Crippen LogP contribution is -2.27. The van der Waals surface area contributed by atoms with Crippen LogP contribution in [0.15, 0.2) is 18.2 Å². The van der Waals surface area contributed by atoms with E-state index in [1.807, 2.05) is 6.07 Å². The van der Waals surface area contributed by atoms with Crippen molar-refractivity contribution >= 4 is 16.5 Å². The van der Waals surface area contributed by atoms with Crippen LogP contribution in [0.5, 0.6) is 11.5 Å². The van der Waals surface area contributed by atoms with Crippen molar-refractivity contribution in [2.75, 3.05) is 12.3 Å². The van der Waals surface area contributed by atoms with E-state index in [4.69, 9.17) is 5.73 Å². The molecule has 0 saturated heterocycles. The summed E-state index contributed by atoms with van der Waals surface area (Å²) < 4.78 is 0. The molecule has 1 aliphatic heterocycles. The van der Waals surface area contributed by atoms with Gasteiger partial charge in [-0.1, -0.05) is 6.07 Å². The minimum absolute atomic E-state index is 0.0999. The van der Waals surface area contributed by atoms with Crippen LogP contribution in [0.2, 0.25) is 0 Å². The van der Waals surface area contributed by atoms with Crippen LogP contribution in [0, 0.1) is 0 Å². The zero-order valence-corrected chi connectivity index (χ0v) is 10.4. The summed E-state index contributed by atoms with van der Waals surface area (Å²) in [5.74, 6) is -0.0845. The number of thiazole rings is 1. The van der Waals surface area contributed by atoms with E-state index in [1.54, 1.807) is 6.07 Å².